The van der Waals surface area contributed by atoms with Gasteiger partial charge in [0.2, 0.25) is 5.78 Å². The van der Waals surface area contributed by atoms with Crippen LogP contribution in [0.3, 0.4) is 0 Å². The van der Waals surface area contributed by atoms with Crippen LogP contribution in [0.5, 0.6) is 5.75 Å². The third-order valence-electron chi connectivity index (χ3n) is 4.72. The molecule has 0 aliphatic carbocycles. The first-order valence-corrected chi connectivity index (χ1v) is 8.86. The Morgan fingerprint density at radius 1 is 0.857 bits per heavy atom. The van der Waals surface area contributed by atoms with E-state index in [-0.39, 0.29) is 5.56 Å². The van der Waals surface area contributed by atoms with Crippen LogP contribution in [0, 0.1) is 0 Å². The molecule has 0 saturated carbocycles. The molecule has 5 aromatic rings. The third-order valence-corrected chi connectivity index (χ3v) is 4.72. The van der Waals surface area contributed by atoms with E-state index >= 15 is 0 Å². The number of ether oxygens (including phenoxy) is 1. The standard InChI is InChI=1S/C22H16N4O2/c1-28-17-13-11-15(12-14-17)20-23-22-25(16-7-3-2-4-8-16)21(27)18-9-5-6-10-19(18)26(22)24-20/h2-14H,1H3. The number of methoxy groups -OCH3 is 1. The molecule has 0 saturated heterocycles. The molecule has 6 nitrogen and oxygen atoms in total. The van der Waals surface area contributed by atoms with Crippen molar-refractivity contribution in [1.29, 1.82) is 0 Å². The molecule has 2 heterocycles. The van der Waals surface area contributed by atoms with E-state index in [2.05, 4.69) is 0 Å². The number of hydrogen-bond acceptors (Lipinski definition) is 4. The van der Waals surface area contributed by atoms with Crippen molar-refractivity contribution < 1.29 is 4.74 Å². The zero-order chi connectivity index (χ0) is 19.1. The zero-order valence-electron chi connectivity index (χ0n) is 15.1. The van der Waals surface area contributed by atoms with E-state index in [0.717, 1.165) is 22.5 Å². The molecule has 0 atom stereocenters. The quantitative estimate of drug-likeness (QED) is 0.487. The molecule has 136 valence electrons. The van der Waals surface area contributed by atoms with E-state index < -0.39 is 0 Å². The summed E-state index contributed by atoms with van der Waals surface area (Å²) in [5.74, 6) is 1.78. The van der Waals surface area contributed by atoms with Gasteiger partial charge in [0.15, 0.2) is 5.82 Å². The van der Waals surface area contributed by atoms with E-state index in [1.807, 2.05) is 78.9 Å². The molecule has 2 aromatic heterocycles. The minimum Gasteiger partial charge on any atom is -0.497 e. The first-order chi connectivity index (χ1) is 13.8. The van der Waals surface area contributed by atoms with Gasteiger partial charge in [0.25, 0.3) is 5.56 Å². The predicted molar refractivity (Wildman–Crippen MR) is 108 cm³/mol. The number of nitrogens with zero attached hydrogens (tertiary/aromatic N) is 4. The van der Waals surface area contributed by atoms with Gasteiger partial charge in [-0.1, -0.05) is 30.3 Å². The van der Waals surface area contributed by atoms with Crippen molar-refractivity contribution in [2.45, 2.75) is 0 Å². The van der Waals surface area contributed by atoms with Crippen LogP contribution in [0.1, 0.15) is 0 Å². The van der Waals surface area contributed by atoms with E-state index in [1.54, 1.807) is 16.2 Å². The maximum absolute atomic E-state index is 13.2. The van der Waals surface area contributed by atoms with Crippen molar-refractivity contribution in [2.24, 2.45) is 0 Å². The van der Waals surface area contributed by atoms with Gasteiger partial charge in [0.05, 0.1) is 23.7 Å². The molecule has 0 spiro atoms. The maximum Gasteiger partial charge on any atom is 0.267 e. The Labute approximate surface area is 160 Å². The molecule has 0 radical (unpaired) electrons. The number of para-hydroxylation sites is 2. The van der Waals surface area contributed by atoms with E-state index in [1.165, 1.54) is 0 Å². The van der Waals surface area contributed by atoms with Crippen molar-refractivity contribution >= 4 is 16.7 Å². The number of fused-ring (bicyclic) bond motifs is 3. The molecule has 0 unspecified atom stereocenters. The Balaban J connectivity index is 1.86. The molecule has 28 heavy (non-hydrogen) atoms. The van der Waals surface area contributed by atoms with Crippen LogP contribution in [0.4, 0.5) is 0 Å². The Hall–Kier alpha value is -3.93. The van der Waals surface area contributed by atoms with Crippen molar-refractivity contribution in [3.05, 3.63) is 89.2 Å². The third kappa shape index (κ3) is 2.46. The van der Waals surface area contributed by atoms with Gasteiger partial charge in [0.1, 0.15) is 5.75 Å². The minimum atomic E-state index is -0.122. The summed E-state index contributed by atoms with van der Waals surface area (Å²) in [5, 5.41) is 5.29. The highest BCUT2D eigenvalue weighted by atomic mass is 16.5. The Kier molecular flexibility index (Phi) is 3.69. The lowest BCUT2D eigenvalue weighted by molar-refractivity contribution is 0.415. The van der Waals surface area contributed by atoms with Gasteiger partial charge >= 0.3 is 0 Å². The number of rotatable bonds is 3. The SMILES string of the molecule is COc1ccc(-c2nc3n(-c4ccccc4)c(=O)c4ccccc4n3n2)cc1. The van der Waals surface area contributed by atoms with Crippen molar-refractivity contribution in [3.63, 3.8) is 0 Å². The molecular formula is C22H16N4O2. The fraction of sp³-hybridized carbons (Fsp3) is 0.0455. The number of benzene rings is 3. The van der Waals surface area contributed by atoms with Crippen molar-refractivity contribution in [2.75, 3.05) is 7.11 Å². The molecule has 0 N–H and O–H groups in total. The van der Waals surface area contributed by atoms with Gasteiger partial charge in [-0.05, 0) is 48.5 Å². The van der Waals surface area contributed by atoms with Crippen LogP contribution in [0.2, 0.25) is 0 Å². The lowest BCUT2D eigenvalue weighted by atomic mass is 10.2. The molecule has 6 heteroatoms. The average Bonchev–Trinajstić information content (AvgIpc) is 3.20. The summed E-state index contributed by atoms with van der Waals surface area (Å²) in [5.41, 5.74) is 2.20. The zero-order valence-corrected chi connectivity index (χ0v) is 15.1. The summed E-state index contributed by atoms with van der Waals surface area (Å²) in [6.07, 6.45) is 0. The van der Waals surface area contributed by atoms with Crippen LogP contribution >= 0.6 is 0 Å². The van der Waals surface area contributed by atoms with Crippen molar-refractivity contribution in [3.8, 4) is 22.8 Å². The van der Waals surface area contributed by atoms with Gasteiger partial charge in [-0.2, -0.15) is 9.50 Å². The van der Waals surface area contributed by atoms with Gasteiger partial charge in [-0.25, -0.2) is 4.57 Å². The summed E-state index contributed by atoms with van der Waals surface area (Å²) in [6, 6.07) is 24.5. The van der Waals surface area contributed by atoms with Crippen LogP contribution in [0.15, 0.2) is 83.7 Å². The Bertz CT molecular complexity index is 1350. The van der Waals surface area contributed by atoms with Crippen LogP contribution < -0.4 is 10.3 Å². The maximum atomic E-state index is 13.2. The van der Waals surface area contributed by atoms with Gasteiger partial charge in [0, 0.05) is 5.56 Å². The molecule has 5 rings (SSSR count). The number of hydrogen-bond donors (Lipinski definition) is 0. The van der Waals surface area contributed by atoms with Gasteiger partial charge in [-0.3, -0.25) is 4.79 Å². The van der Waals surface area contributed by atoms with Crippen molar-refractivity contribution in [1.82, 2.24) is 19.2 Å². The van der Waals surface area contributed by atoms with E-state index in [9.17, 15) is 4.79 Å². The monoisotopic (exact) mass is 368 g/mol. The largest absolute Gasteiger partial charge is 0.497 e. The van der Waals surface area contributed by atoms with Crippen LogP contribution in [0.25, 0.3) is 33.8 Å². The lowest BCUT2D eigenvalue weighted by Crippen LogP contribution is -2.21. The van der Waals surface area contributed by atoms with Crippen LogP contribution in [-0.4, -0.2) is 26.3 Å². The fourth-order valence-electron chi connectivity index (χ4n) is 3.33. The van der Waals surface area contributed by atoms with E-state index in [0.29, 0.717) is 17.0 Å². The minimum absolute atomic E-state index is 0.122. The molecule has 0 bridgehead atoms. The second-order valence-electron chi connectivity index (χ2n) is 6.37. The Morgan fingerprint density at radius 2 is 1.57 bits per heavy atom. The molecule has 0 aliphatic heterocycles. The highest BCUT2D eigenvalue weighted by molar-refractivity contribution is 5.81. The first kappa shape index (κ1) is 16.3. The second-order valence-corrected chi connectivity index (χ2v) is 6.37. The van der Waals surface area contributed by atoms with Gasteiger partial charge < -0.3 is 4.74 Å². The smallest absolute Gasteiger partial charge is 0.267 e. The predicted octanol–water partition coefficient (Wildman–Crippen LogP) is 3.71. The highest BCUT2D eigenvalue weighted by Gasteiger charge is 2.17. The van der Waals surface area contributed by atoms with Gasteiger partial charge in [-0.15, -0.1) is 5.10 Å². The summed E-state index contributed by atoms with van der Waals surface area (Å²) < 4.78 is 8.55. The highest BCUT2D eigenvalue weighted by Crippen LogP contribution is 2.22. The summed E-state index contributed by atoms with van der Waals surface area (Å²) in [4.78, 5) is 17.9. The first-order valence-electron chi connectivity index (χ1n) is 8.86. The fourth-order valence-corrected chi connectivity index (χ4v) is 3.33. The average molecular weight is 368 g/mol. The summed E-state index contributed by atoms with van der Waals surface area (Å²) in [6.45, 7) is 0. The second kappa shape index (κ2) is 6.35. The number of aromatic nitrogens is 4. The molecule has 3 aromatic carbocycles. The normalized spacial score (nSPS) is 11.2. The van der Waals surface area contributed by atoms with E-state index in [4.69, 9.17) is 14.8 Å². The Morgan fingerprint density at radius 3 is 2.32 bits per heavy atom. The summed E-state index contributed by atoms with van der Waals surface area (Å²) in [7, 11) is 1.63. The molecule has 0 aliphatic rings. The lowest BCUT2D eigenvalue weighted by Gasteiger charge is -2.09. The summed E-state index contributed by atoms with van der Waals surface area (Å²) >= 11 is 0. The van der Waals surface area contributed by atoms with Crippen LogP contribution in [-0.2, 0) is 0 Å². The topological polar surface area (TPSA) is 61.4 Å². The molecule has 0 fully saturated rings. The molecular weight excluding hydrogens is 352 g/mol. The molecule has 0 amide bonds.